The summed E-state index contributed by atoms with van der Waals surface area (Å²) in [5, 5.41) is 17.3. The molecule has 0 saturated carbocycles. The zero-order chi connectivity index (χ0) is 15.1. The Morgan fingerprint density at radius 2 is 1.33 bits per heavy atom. The van der Waals surface area contributed by atoms with Crippen LogP contribution in [0, 0.1) is 6.92 Å². The third-order valence-electron chi connectivity index (χ3n) is 2.43. The highest BCUT2D eigenvalue weighted by molar-refractivity contribution is 5.42. The fourth-order valence-electron chi connectivity index (χ4n) is 1.42. The van der Waals surface area contributed by atoms with Crippen LogP contribution in [-0.4, -0.2) is 20.2 Å². The standard InChI is InChI=1S/2C6H6O.C4H4N2O/c2*7-6-4-2-1-3-5-6;1-2-5-3-4(6-2)7-3/h2*1-5,7H;1H3,(H,5,6). The Bertz CT molecular complexity index is 608. The molecule has 0 spiro atoms. The second-order valence-electron chi connectivity index (χ2n) is 4.23. The number of hydrogen-bond acceptors (Lipinski definition) is 4. The molecule has 3 aromatic rings. The predicted octanol–water partition coefficient (Wildman–Crippen LogP) is 3.61. The van der Waals surface area contributed by atoms with Crippen LogP contribution in [0.4, 0.5) is 0 Å². The van der Waals surface area contributed by atoms with E-state index >= 15 is 0 Å². The number of aromatic nitrogens is 2. The molecule has 108 valence electrons. The van der Waals surface area contributed by atoms with Gasteiger partial charge in [-0.15, -0.1) is 0 Å². The molecule has 3 N–H and O–H groups in total. The Hall–Kier alpha value is -2.95. The summed E-state index contributed by atoms with van der Waals surface area (Å²) in [7, 11) is 0. The molecule has 0 aliphatic carbocycles. The van der Waals surface area contributed by atoms with Crippen molar-refractivity contribution >= 4 is 0 Å². The van der Waals surface area contributed by atoms with Crippen molar-refractivity contribution in [1.29, 1.82) is 0 Å². The van der Waals surface area contributed by atoms with Crippen LogP contribution in [-0.2, 0) is 0 Å². The third-order valence-corrected chi connectivity index (χ3v) is 2.43. The highest BCUT2D eigenvalue weighted by Crippen LogP contribution is 2.40. The fourth-order valence-corrected chi connectivity index (χ4v) is 1.42. The van der Waals surface area contributed by atoms with Crippen molar-refractivity contribution in [2.75, 3.05) is 0 Å². The number of aryl methyl sites for hydroxylation is 1. The summed E-state index contributed by atoms with van der Waals surface area (Å²) >= 11 is 0. The Balaban J connectivity index is 0.000000115. The fraction of sp³-hybridized carbons (Fsp3) is 0.0625. The van der Waals surface area contributed by atoms with Gasteiger partial charge in [0.15, 0.2) is 0 Å². The van der Waals surface area contributed by atoms with Gasteiger partial charge in [-0.1, -0.05) is 36.4 Å². The van der Waals surface area contributed by atoms with Crippen LogP contribution < -0.4 is 4.74 Å². The van der Waals surface area contributed by atoms with Crippen LogP contribution in [0.25, 0.3) is 0 Å². The van der Waals surface area contributed by atoms with Crippen molar-refractivity contribution in [3.05, 3.63) is 66.5 Å². The van der Waals surface area contributed by atoms with Gasteiger partial charge in [-0.2, -0.15) is 4.98 Å². The van der Waals surface area contributed by atoms with Crippen LogP contribution in [0.5, 0.6) is 23.3 Å². The summed E-state index contributed by atoms with van der Waals surface area (Å²) in [6.45, 7) is 1.90. The molecule has 0 saturated heterocycles. The lowest BCUT2D eigenvalue weighted by molar-refractivity contribution is 0.475. The van der Waals surface area contributed by atoms with Gasteiger partial charge in [-0.3, -0.25) is 0 Å². The van der Waals surface area contributed by atoms with Crippen LogP contribution in [0.15, 0.2) is 60.7 Å². The highest BCUT2D eigenvalue weighted by Gasteiger charge is 2.24. The van der Waals surface area contributed by atoms with E-state index in [0.717, 1.165) is 17.6 Å². The molecule has 5 heteroatoms. The highest BCUT2D eigenvalue weighted by atomic mass is 16.6. The van der Waals surface area contributed by atoms with E-state index in [0.29, 0.717) is 11.5 Å². The van der Waals surface area contributed by atoms with E-state index in [1.54, 1.807) is 48.5 Å². The first-order valence-corrected chi connectivity index (χ1v) is 6.37. The summed E-state index contributed by atoms with van der Waals surface area (Å²) in [5.41, 5.74) is 0. The number of aromatic amines is 1. The average molecular weight is 284 g/mol. The normalized spacial score (nSPS) is 9.95. The molecular formula is C16H16N2O3. The number of rotatable bonds is 0. The first kappa shape index (κ1) is 14.5. The minimum atomic E-state index is 0.322. The van der Waals surface area contributed by atoms with E-state index in [1.165, 1.54) is 0 Å². The van der Waals surface area contributed by atoms with Gasteiger partial charge in [0.25, 0.3) is 11.8 Å². The Morgan fingerprint density at radius 3 is 1.52 bits per heavy atom. The summed E-state index contributed by atoms with van der Waals surface area (Å²) in [4.78, 5) is 6.82. The summed E-state index contributed by atoms with van der Waals surface area (Å²) in [6.07, 6.45) is 0. The minimum Gasteiger partial charge on any atom is -0.508 e. The number of ether oxygens (including phenoxy) is 1. The van der Waals surface area contributed by atoms with Gasteiger partial charge in [-0.05, 0) is 31.2 Å². The number of imidazole rings is 1. The molecule has 0 bridgehead atoms. The van der Waals surface area contributed by atoms with Crippen LogP contribution in [0.1, 0.15) is 5.82 Å². The van der Waals surface area contributed by atoms with Crippen molar-refractivity contribution in [1.82, 2.24) is 9.97 Å². The summed E-state index contributed by atoms with van der Waals surface area (Å²) in [6, 6.07) is 17.4. The number of phenolic OH excluding ortho intramolecular Hbond substituents is 2. The number of nitrogens with zero attached hydrogens (tertiary/aromatic N) is 1. The van der Waals surface area contributed by atoms with Gasteiger partial charge in [0.1, 0.15) is 17.3 Å². The Labute approximate surface area is 122 Å². The summed E-state index contributed by atoms with van der Waals surface area (Å²) < 4.78 is 4.76. The largest absolute Gasteiger partial charge is 0.508 e. The number of nitrogens with one attached hydrogen (secondary N) is 1. The van der Waals surface area contributed by atoms with E-state index in [2.05, 4.69) is 9.97 Å². The second-order valence-corrected chi connectivity index (χ2v) is 4.23. The molecule has 2 aromatic carbocycles. The smallest absolute Gasteiger partial charge is 0.285 e. The van der Waals surface area contributed by atoms with Gasteiger partial charge in [0.2, 0.25) is 0 Å². The lowest BCUT2D eigenvalue weighted by Crippen LogP contribution is -1.74. The lowest BCUT2D eigenvalue weighted by Gasteiger charge is -1.82. The third kappa shape index (κ3) is 5.28. The quantitative estimate of drug-likeness (QED) is 0.431. The number of aromatic hydroxyl groups is 2. The molecule has 5 nitrogen and oxygen atoms in total. The van der Waals surface area contributed by atoms with E-state index < -0.39 is 0 Å². The number of H-pyrrole nitrogens is 1. The van der Waals surface area contributed by atoms with E-state index in [-0.39, 0.29) is 0 Å². The molecule has 4 rings (SSSR count). The van der Waals surface area contributed by atoms with E-state index in [1.807, 2.05) is 19.1 Å². The monoisotopic (exact) mass is 284 g/mol. The molecular weight excluding hydrogens is 268 g/mol. The van der Waals surface area contributed by atoms with Crippen LogP contribution in [0.2, 0.25) is 0 Å². The molecule has 0 fully saturated rings. The Morgan fingerprint density at radius 1 is 0.857 bits per heavy atom. The zero-order valence-corrected chi connectivity index (χ0v) is 11.5. The number of fused-ring (bicyclic) bond motifs is 1. The first-order valence-electron chi connectivity index (χ1n) is 6.37. The van der Waals surface area contributed by atoms with Crippen molar-refractivity contribution in [2.45, 2.75) is 6.92 Å². The zero-order valence-electron chi connectivity index (χ0n) is 11.5. The molecule has 0 unspecified atom stereocenters. The van der Waals surface area contributed by atoms with Crippen LogP contribution >= 0.6 is 0 Å². The maximum Gasteiger partial charge on any atom is 0.285 e. The maximum atomic E-state index is 8.63. The topological polar surface area (TPSA) is 81.7 Å². The van der Waals surface area contributed by atoms with Crippen molar-refractivity contribution in [3.8, 4) is 23.3 Å². The molecule has 1 aromatic heterocycles. The first-order chi connectivity index (χ1) is 10.1. The molecule has 0 radical (unpaired) electrons. The molecule has 21 heavy (non-hydrogen) atoms. The number of hydrogen-bond donors (Lipinski definition) is 3. The van der Waals surface area contributed by atoms with E-state index in [4.69, 9.17) is 14.9 Å². The Kier molecular flexibility index (Phi) is 4.82. The second kappa shape index (κ2) is 7.00. The van der Waals surface area contributed by atoms with Crippen molar-refractivity contribution in [3.63, 3.8) is 0 Å². The molecule has 1 aliphatic heterocycles. The molecule has 0 atom stereocenters. The number of para-hydroxylation sites is 2. The molecule has 2 heterocycles. The summed E-state index contributed by atoms with van der Waals surface area (Å²) in [5.74, 6) is 3.16. The van der Waals surface area contributed by atoms with Gasteiger partial charge >= 0.3 is 0 Å². The van der Waals surface area contributed by atoms with Crippen molar-refractivity contribution in [2.24, 2.45) is 0 Å². The van der Waals surface area contributed by atoms with Gasteiger partial charge in [0.05, 0.1) is 0 Å². The van der Waals surface area contributed by atoms with Gasteiger partial charge in [-0.25, -0.2) is 0 Å². The lowest BCUT2D eigenvalue weighted by atomic mass is 10.3. The van der Waals surface area contributed by atoms with Crippen molar-refractivity contribution < 1.29 is 14.9 Å². The average Bonchev–Trinajstić information content (AvgIpc) is 3.09. The predicted molar refractivity (Wildman–Crippen MR) is 79.6 cm³/mol. The minimum absolute atomic E-state index is 0.322. The maximum absolute atomic E-state index is 8.63. The number of benzene rings is 2. The van der Waals surface area contributed by atoms with Gasteiger partial charge in [0, 0.05) is 0 Å². The molecule has 1 aliphatic rings. The number of phenols is 2. The van der Waals surface area contributed by atoms with Crippen LogP contribution in [0.3, 0.4) is 0 Å². The van der Waals surface area contributed by atoms with E-state index in [9.17, 15) is 0 Å². The van der Waals surface area contributed by atoms with Gasteiger partial charge < -0.3 is 19.9 Å². The SMILES string of the molecule is Cc1nc2c([nH]1)O2.Oc1ccccc1.Oc1ccccc1. The molecule has 0 amide bonds.